The second-order valence-corrected chi connectivity index (χ2v) is 4.38. The lowest BCUT2D eigenvalue weighted by atomic mass is 10.3. The number of hydrogen-bond donors (Lipinski definition) is 3. The zero-order chi connectivity index (χ0) is 12.8. The fraction of sp³-hybridized carbons (Fsp3) is 0.300. The normalized spacial score (nSPS) is 11.8. The van der Waals surface area contributed by atoms with Crippen LogP contribution in [0.3, 0.4) is 0 Å². The Hall–Kier alpha value is -1.76. The van der Waals surface area contributed by atoms with Crippen molar-refractivity contribution < 1.29 is 14.7 Å². The SMILES string of the molecule is CC(=O)NC(CSc1ccncc1N)C(=O)O. The predicted octanol–water partition coefficient (Wildman–Crippen LogP) is 0.345. The molecule has 1 atom stereocenters. The molecule has 0 aromatic carbocycles. The fourth-order valence-electron chi connectivity index (χ4n) is 1.12. The van der Waals surface area contributed by atoms with Crippen LogP contribution in [0.5, 0.6) is 0 Å². The smallest absolute Gasteiger partial charge is 0.327 e. The molecule has 0 saturated carbocycles. The van der Waals surface area contributed by atoms with Gasteiger partial charge in [-0.25, -0.2) is 4.79 Å². The lowest BCUT2D eigenvalue weighted by molar-refractivity contribution is -0.140. The minimum absolute atomic E-state index is 0.211. The third-order valence-corrected chi connectivity index (χ3v) is 3.07. The van der Waals surface area contributed by atoms with E-state index in [1.54, 1.807) is 12.3 Å². The number of anilines is 1. The Kier molecular flexibility index (Phi) is 4.77. The molecular weight excluding hydrogens is 242 g/mol. The Morgan fingerprint density at radius 1 is 1.65 bits per heavy atom. The van der Waals surface area contributed by atoms with Gasteiger partial charge in [-0.3, -0.25) is 9.78 Å². The summed E-state index contributed by atoms with van der Waals surface area (Å²) in [7, 11) is 0. The molecule has 17 heavy (non-hydrogen) atoms. The summed E-state index contributed by atoms with van der Waals surface area (Å²) >= 11 is 1.26. The van der Waals surface area contributed by atoms with E-state index in [0.29, 0.717) is 5.69 Å². The predicted molar refractivity (Wildman–Crippen MR) is 64.6 cm³/mol. The van der Waals surface area contributed by atoms with Crippen LogP contribution in [0.2, 0.25) is 0 Å². The number of nitrogens with zero attached hydrogens (tertiary/aromatic N) is 1. The third kappa shape index (κ3) is 4.31. The zero-order valence-electron chi connectivity index (χ0n) is 9.21. The van der Waals surface area contributed by atoms with Gasteiger partial charge in [0.1, 0.15) is 6.04 Å². The van der Waals surface area contributed by atoms with E-state index in [2.05, 4.69) is 10.3 Å². The van der Waals surface area contributed by atoms with Gasteiger partial charge >= 0.3 is 5.97 Å². The summed E-state index contributed by atoms with van der Waals surface area (Å²) in [5.74, 6) is -1.23. The Labute approximate surface area is 103 Å². The van der Waals surface area contributed by atoms with E-state index in [1.807, 2.05) is 0 Å². The number of thioether (sulfide) groups is 1. The quantitative estimate of drug-likeness (QED) is 0.655. The van der Waals surface area contributed by atoms with E-state index < -0.39 is 12.0 Å². The molecular formula is C10H13N3O3S. The van der Waals surface area contributed by atoms with Crippen molar-refractivity contribution in [3.8, 4) is 0 Å². The number of pyridine rings is 1. The van der Waals surface area contributed by atoms with Gasteiger partial charge in [0, 0.05) is 23.8 Å². The number of carbonyl (C=O) groups excluding carboxylic acids is 1. The van der Waals surface area contributed by atoms with Crippen molar-refractivity contribution >= 4 is 29.3 Å². The van der Waals surface area contributed by atoms with Crippen molar-refractivity contribution in [2.45, 2.75) is 17.9 Å². The van der Waals surface area contributed by atoms with E-state index in [4.69, 9.17) is 10.8 Å². The van der Waals surface area contributed by atoms with E-state index in [-0.39, 0.29) is 11.7 Å². The number of nitrogens with one attached hydrogen (secondary N) is 1. The Bertz CT molecular complexity index is 425. The number of carboxylic acid groups (broad SMARTS) is 1. The van der Waals surface area contributed by atoms with Gasteiger partial charge in [-0.1, -0.05) is 0 Å². The van der Waals surface area contributed by atoms with Crippen LogP contribution in [0.1, 0.15) is 6.92 Å². The number of hydrogen-bond acceptors (Lipinski definition) is 5. The molecule has 7 heteroatoms. The molecule has 1 amide bonds. The standard InChI is InChI=1S/C10H13N3O3S/c1-6(14)13-8(10(15)16)5-17-9-2-3-12-4-7(9)11/h2-4,8H,5,11H2,1H3,(H,13,14)(H,15,16). The van der Waals surface area contributed by atoms with Gasteiger partial charge in [0.25, 0.3) is 0 Å². The summed E-state index contributed by atoms with van der Waals surface area (Å²) in [6.07, 6.45) is 3.07. The second kappa shape index (κ2) is 6.09. The summed E-state index contributed by atoms with van der Waals surface area (Å²) in [4.78, 5) is 26.3. The molecule has 1 heterocycles. The maximum atomic E-state index is 10.9. The number of amides is 1. The summed E-state index contributed by atoms with van der Waals surface area (Å²) in [6, 6.07) is 0.775. The van der Waals surface area contributed by atoms with Crippen LogP contribution in [-0.2, 0) is 9.59 Å². The highest BCUT2D eigenvalue weighted by atomic mass is 32.2. The van der Waals surface area contributed by atoms with Crippen LogP contribution in [0.15, 0.2) is 23.4 Å². The van der Waals surface area contributed by atoms with Crippen molar-refractivity contribution in [1.29, 1.82) is 0 Å². The van der Waals surface area contributed by atoms with Crippen LogP contribution >= 0.6 is 11.8 Å². The Balaban J connectivity index is 2.61. The average molecular weight is 255 g/mol. The maximum Gasteiger partial charge on any atom is 0.327 e. The summed E-state index contributed by atoms with van der Waals surface area (Å²) < 4.78 is 0. The van der Waals surface area contributed by atoms with Crippen LogP contribution in [0.4, 0.5) is 5.69 Å². The van der Waals surface area contributed by atoms with Gasteiger partial charge in [-0.15, -0.1) is 11.8 Å². The lowest BCUT2D eigenvalue weighted by Gasteiger charge is -2.13. The van der Waals surface area contributed by atoms with Crippen LogP contribution < -0.4 is 11.1 Å². The molecule has 1 aromatic heterocycles. The fourth-order valence-corrected chi connectivity index (χ4v) is 2.07. The highest BCUT2D eigenvalue weighted by Crippen LogP contribution is 2.23. The van der Waals surface area contributed by atoms with Gasteiger partial charge in [-0.2, -0.15) is 0 Å². The molecule has 4 N–H and O–H groups in total. The average Bonchev–Trinajstić information content (AvgIpc) is 2.25. The number of aliphatic carboxylic acids is 1. The molecule has 1 unspecified atom stereocenters. The first-order valence-electron chi connectivity index (χ1n) is 4.83. The monoisotopic (exact) mass is 255 g/mol. The van der Waals surface area contributed by atoms with Gasteiger partial charge in [0.05, 0.1) is 11.9 Å². The molecule has 0 saturated heterocycles. The Morgan fingerprint density at radius 3 is 2.88 bits per heavy atom. The molecule has 92 valence electrons. The van der Waals surface area contributed by atoms with Gasteiger partial charge in [-0.05, 0) is 6.07 Å². The third-order valence-electron chi connectivity index (χ3n) is 1.89. The molecule has 1 aromatic rings. The summed E-state index contributed by atoms with van der Waals surface area (Å²) in [6.45, 7) is 1.28. The second-order valence-electron chi connectivity index (χ2n) is 3.32. The number of nitrogens with two attached hydrogens (primary N) is 1. The molecule has 1 rings (SSSR count). The van der Waals surface area contributed by atoms with Crippen molar-refractivity contribution in [2.75, 3.05) is 11.5 Å². The minimum Gasteiger partial charge on any atom is -0.480 e. The lowest BCUT2D eigenvalue weighted by Crippen LogP contribution is -2.41. The van der Waals surface area contributed by atoms with Crippen LogP contribution in [-0.4, -0.2) is 33.8 Å². The molecule has 0 aliphatic carbocycles. The number of carboxylic acids is 1. The topological polar surface area (TPSA) is 105 Å². The highest BCUT2D eigenvalue weighted by Gasteiger charge is 2.18. The van der Waals surface area contributed by atoms with Crippen molar-refractivity contribution in [3.05, 3.63) is 18.5 Å². The number of nitrogen functional groups attached to an aromatic ring is 1. The number of aromatic nitrogens is 1. The molecule has 0 fully saturated rings. The van der Waals surface area contributed by atoms with Crippen LogP contribution in [0, 0.1) is 0 Å². The molecule has 0 radical (unpaired) electrons. The molecule has 0 aliphatic heterocycles. The first kappa shape index (κ1) is 13.3. The maximum absolute atomic E-state index is 10.9. The molecule has 0 aliphatic rings. The van der Waals surface area contributed by atoms with E-state index in [1.165, 1.54) is 24.9 Å². The summed E-state index contributed by atoms with van der Waals surface area (Å²) in [5.41, 5.74) is 6.16. The highest BCUT2D eigenvalue weighted by molar-refractivity contribution is 7.99. The molecule has 0 spiro atoms. The number of rotatable bonds is 5. The van der Waals surface area contributed by atoms with Crippen molar-refractivity contribution in [2.24, 2.45) is 0 Å². The number of carbonyl (C=O) groups is 2. The van der Waals surface area contributed by atoms with E-state index >= 15 is 0 Å². The molecule has 0 bridgehead atoms. The first-order chi connectivity index (χ1) is 8.00. The van der Waals surface area contributed by atoms with Crippen LogP contribution in [0.25, 0.3) is 0 Å². The largest absolute Gasteiger partial charge is 0.480 e. The van der Waals surface area contributed by atoms with E-state index in [0.717, 1.165) is 4.90 Å². The van der Waals surface area contributed by atoms with Gasteiger partial charge < -0.3 is 16.2 Å². The van der Waals surface area contributed by atoms with Crippen molar-refractivity contribution in [1.82, 2.24) is 10.3 Å². The van der Waals surface area contributed by atoms with Gasteiger partial charge in [0.15, 0.2) is 0 Å². The minimum atomic E-state index is -1.07. The first-order valence-corrected chi connectivity index (χ1v) is 5.81. The van der Waals surface area contributed by atoms with Crippen molar-refractivity contribution in [3.63, 3.8) is 0 Å². The summed E-state index contributed by atoms with van der Waals surface area (Å²) in [5, 5.41) is 11.3. The zero-order valence-corrected chi connectivity index (χ0v) is 10.0. The van der Waals surface area contributed by atoms with E-state index in [9.17, 15) is 9.59 Å². The Morgan fingerprint density at radius 2 is 2.35 bits per heavy atom. The van der Waals surface area contributed by atoms with Gasteiger partial charge in [0.2, 0.25) is 5.91 Å². The molecule has 6 nitrogen and oxygen atoms in total.